The maximum atomic E-state index is 12.6. The Kier molecular flexibility index (Phi) is 16.3. The molecule has 1 rings (SSSR count). The Hall–Kier alpha value is -3.29. The number of unbranched alkanes of at least 4 members (excludes halogenated alkanes) is 1. The van der Waals surface area contributed by atoms with Crippen LogP contribution in [0.25, 0.3) is 0 Å². The number of hydrogen-bond donors (Lipinski definition) is 5. The Labute approximate surface area is 224 Å². The number of carbonyl (C=O) groups excluding carboxylic acids is 6. The van der Waals surface area contributed by atoms with E-state index in [0.29, 0.717) is 25.8 Å². The van der Waals surface area contributed by atoms with Crippen molar-refractivity contribution < 1.29 is 38.2 Å². The molecule has 1 aliphatic heterocycles. The van der Waals surface area contributed by atoms with Gasteiger partial charge in [-0.3, -0.25) is 4.79 Å². The van der Waals surface area contributed by atoms with Crippen molar-refractivity contribution in [1.29, 1.82) is 0 Å². The van der Waals surface area contributed by atoms with E-state index in [-0.39, 0.29) is 51.6 Å². The third-order valence-corrected chi connectivity index (χ3v) is 5.40. The second-order valence-electron chi connectivity index (χ2n) is 8.04. The van der Waals surface area contributed by atoms with Gasteiger partial charge in [-0.15, -0.1) is 0 Å². The number of nitrogens with zero attached hydrogens (tertiary/aromatic N) is 2. The number of hydrogen-bond acceptors (Lipinski definition) is 9. The minimum absolute atomic E-state index is 0.00786. The fraction of sp³-hybridized carbons (Fsp3) is 0.714. The van der Waals surface area contributed by atoms with Crippen LogP contribution in [0.4, 0.5) is 9.59 Å². The molecule has 3 unspecified atom stereocenters. The van der Waals surface area contributed by atoms with Crippen molar-refractivity contribution in [3.8, 4) is 0 Å². The van der Waals surface area contributed by atoms with Gasteiger partial charge in [0.15, 0.2) is 0 Å². The summed E-state index contributed by atoms with van der Waals surface area (Å²) in [6.45, 7) is 4.26. The summed E-state index contributed by atoms with van der Waals surface area (Å²) in [7, 11) is 3.41. The van der Waals surface area contributed by atoms with Crippen LogP contribution in [0.2, 0.25) is 0 Å². The predicted octanol–water partition coefficient (Wildman–Crippen LogP) is -1.05. The summed E-state index contributed by atoms with van der Waals surface area (Å²) in [5, 5.41) is 13.1. The Morgan fingerprint density at radius 3 is 2.39 bits per heavy atom. The molecule has 6 amide bonds. The normalized spacial score (nSPS) is 15.4. The molecule has 0 radical (unpaired) electrons. The van der Waals surface area contributed by atoms with E-state index in [9.17, 15) is 28.8 Å². The number of amides is 6. The van der Waals surface area contributed by atoms with Gasteiger partial charge in [-0.05, 0) is 33.1 Å². The van der Waals surface area contributed by atoms with Crippen LogP contribution < -0.4 is 26.5 Å². The van der Waals surface area contributed by atoms with E-state index in [4.69, 9.17) is 9.47 Å². The molecule has 0 spiro atoms. The van der Waals surface area contributed by atoms with Gasteiger partial charge in [-0.1, -0.05) is 0 Å². The molecule has 3 atom stereocenters. The number of rotatable bonds is 17. The first-order chi connectivity index (χ1) is 18.2. The molecule has 0 bridgehead atoms. The molecular formula is C21H37BN7O8P. The van der Waals surface area contributed by atoms with E-state index in [1.807, 2.05) is 0 Å². The molecule has 1 heterocycles. The molecule has 1 aliphatic rings. The van der Waals surface area contributed by atoms with Gasteiger partial charge in [0, 0.05) is 6.54 Å². The van der Waals surface area contributed by atoms with Gasteiger partial charge in [0.05, 0.1) is 13.2 Å². The fourth-order valence-corrected chi connectivity index (χ4v) is 3.51. The van der Waals surface area contributed by atoms with E-state index >= 15 is 0 Å². The van der Waals surface area contributed by atoms with Crippen molar-refractivity contribution in [2.75, 3.05) is 39.4 Å². The zero-order chi connectivity index (χ0) is 28.3. The minimum atomic E-state index is -0.863. The Balaban J connectivity index is 2.38. The van der Waals surface area contributed by atoms with Crippen molar-refractivity contribution >= 4 is 52.4 Å². The Bertz CT molecular complexity index is 863. The van der Waals surface area contributed by atoms with Gasteiger partial charge in [-0.2, -0.15) is 0 Å². The molecule has 17 heteroatoms. The van der Waals surface area contributed by atoms with Gasteiger partial charge in [0.2, 0.25) is 0 Å². The molecule has 212 valence electrons. The summed E-state index contributed by atoms with van der Waals surface area (Å²) >= 11 is 0. The average Bonchev–Trinajstić information content (AvgIpc) is 3.15. The second kappa shape index (κ2) is 18.9. The molecule has 5 N–H and O–H groups in total. The van der Waals surface area contributed by atoms with Crippen LogP contribution in [0.5, 0.6) is 0 Å². The second-order valence-corrected chi connectivity index (χ2v) is 8.33. The summed E-state index contributed by atoms with van der Waals surface area (Å²) in [4.78, 5) is 73.1. The number of nitrogens with one attached hydrogen (secondary N) is 5. The van der Waals surface area contributed by atoms with Crippen molar-refractivity contribution in [3.05, 3.63) is 0 Å². The zero-order valence-electron chi connectivity index (χ0n) is 21.7. The number of likely N-dealkylation sites (tertiary alicyclic amines) is 1. The number of carbonyl (C=O) groups is 6. The molecule has 0 saturated carbocycles. The number of alkyl carbamates (subject to hydrolysis) is 2. The van der Waals surface area contributed by atoms with Crippen LogP contribution >= 0.6 is 9.39 Å². The van der Waals surface area contributed by atoms with Gasteiger partial charge >= 0.3 is 131 Å². The SMILES string of the molecule is CCOC(=O)NCCCCC(NC(=O)OCC)C(=O)NCCNC(=O)CCN1C(=O)CC(NB=NP)C1=O. The molecular weight excluding hydrogens is 520 g/mol. The molecule has 15 nitrogen and oxygen atoms in total. The molecule has 1 fully saturated rings. The van der Waals surface area contributed by atoms with Crippen LogP contribution in [-0.2, 0) is 28.7 Å². The summed E-state index contributed by atoms with van der Waals surface area (Å²) in [5.74, 6) is -1.64. The maximum absolute atomic E-state index is 12.6. The van der Waals surface area contributed by atoms with Gasteiger partial charge in [-0.25, -0.2) is 9.59 Å². The van der Waals surface area contributed by atoms with E-state index in [2.05, 4.69) is 40.6 Å². The van der Waals surface area contributed by atoms with Crippen LogP contribution in [0.1, 0.15) is 46.0 Å². The van der Waals surface area contributed by atoms with Gasteiger partial charge in [0.1, 0.15) is 6.04 Å². The van der Waals surface area contributed by atoms with Gasteiger partial charge < -0.3 is 20.1 Å². The van der Waals surface area contributed by atoms with Crippen LogP contribution in [0, 0.1) is 0 Å². The fourth-order valence-electron chi connectivity index (χ4n) is 3.42. The first kappa shape index (κ1) is 32.7. The molecule has 38 heavy (non-hydrogen) atoms. The van der Waals surface area contributed by atoms with Crippen molar-refractivity contribution in [2.45, 2.75) is 58.0 Å². The van der Waals surface area contributed by atoms with E-state index in [1.165, 1.54) is 7.21 Å². The molecule has 0 aromatic heterocycles. The topological polar surface area (TPSA) is 197 Å². The van der Waals surface area contributed by atoms with Gasteiger partial charge in [0.25, 0.3) is 0 Å². The Morgan fingerprint density at radius 1 is 1.03 bits per heavy atom. The monoisotopic (exact) mass is 557 g/mol. The third kappa shape index (κ3) is 12.8. The van der Waals surface area contributed by atoms with Crippen LogP contribution in [0.15, 0.2) is 4.67 Å². The predicted molar refractivity (Wildman–Crippen MR) is 140 cm³/mol. The standard InChI is InChI=1S/C21H37BN7O8P/c1-3-36-20(34)25-9-6-5-7-14(26-21(35)37-4-2)18(32)24-11-10-23-16(30)8-12-29-17(31)13-15(19(29)33)27-22-28-38/h14-15,27H,3-13,38H2,1-2H3,(H,23,30)(H,24,32)(H,25,34)(H,26,35). The quantitative estimate of drug-likeness (QED) is 0.0641. The first-order valence-electron chi connectivity index (χ1n) is 12.4. The number of ether oxygens (including phenoxy) is 2. The van der Waals surface area contributed by atoms with E-state index < -0.39 is 42.0 Å². The van der Waals surface area contributed by atoms with E-state index in [1.54, 1.807) is 13.8 Å². The zero-order valence-corrected chi connectivity index (χ0v) is 22.9. The molecule has 0 aromatic carbocycles. The summed E-state index contributed by atoms with van der Waals surface area (Å²) in [5.41, 5.74) is 0. The molecule has 0 aliphatic carbocycles. The molecule has 1 saturated heterocycles. The Morgan fingerprint density at radius 2 is 1.71 bits per heavy atom. The first-order valence-corrected chi connectivity index (χ1v) is 12.9. The van der Waals surface area contributed by atoms with Crippen LogP contribution in [-0.4, -0.2) is 99.4 Å². The van der Waals surface area contributed by atoms with Crippen molar-refractivity contribution in [3.63, 3.8) is 0 Å². The van der Waals surface area contributed by atoms with E-state index in [0.717, 1.165) is 4.90 Å². The summed E-state index contributed by atoms with van der Waals surface area (Å²) in [6.07, 6.45) is 0.0621. The van der Waals surface area contributed by atoms with Crippen molar-refractivity contribution in [1.82, 2.24) is 31.4 Å². The number of imide groups is 1. The average molecular weight is 557 g/mol. The summed E-state index contributed by atoms with van der Waals surface area (Å²) < 4.78 is 13.3. The van der Waals surface area contributed by atoms with Crippen molar-refractivity contribution in [2.24, 2.45) is 4.67 Å². The van der Waals surface area contributed by atoms with Crippen LogP contribution in [0.3, 0.4) is 0 Å². The third-order valence-electron chi connectivity index (χ3n) is 5.25. The molecule has 0 aromatic rings. The summed E-state index contributed by atoms with van der Waals surface area (Å²) in [6, 6.07) is -1.56.